The lowest BCUT2D eigenvalue weighted by atomic mass is 9.72. The molecule has 0 atom stereocenters. The molecule has 0 radical (unpaired) electrons. The smallest absolute Gasteiger partial charge is 0.222 e. The van der Waals surface area contributed by atoms with Gasteiger partial charge in [0.1, 0.15) is 5.82 Å². The first-order chi connectivity index (χ1) is 12.2. The zero-order valence-corrected chi connectivity index (χ0v) is 15.3. The topological polar surface area (TPSA) is 50.6 Å². The van der Waals surface area contributed by atoms with Crippen LogP contribution in [-0.4, -0.2) is 65.2 Å². The van der Waals surface area contributed by atoms with Gasteiger partial charge in [0.2, 0.25) is 5.91 Å². The normalized spacial score (nSPS) is 24.2. The minimum absolute atomic E-state index is 0.302. The van der Waals surface area contributed by atoms with Crippen LogP contribution in [0.2, 0.25) is 0 Å². The van der Waals surface area contributed by atoms with E-state index in [1.165, 1.54) is 31.5 Å². The van der Waals surface area contributed by atoms with Gasteiger partial charge in [-0.05, 0) is 50.6 Å². The molecule has 0 unspecified atom stereocenters. The number of aromatic nitrogens is 2. The Labute approximate surface area is 150 Å². The van der Waals surface area contributed by atoms with Crippen molar-refractivity contribution in [1.82, 2.24) is 19.4 Å². The maximum Gasteiger partial charge on any atom is 0.222 e. The monoisotopic (exact) mass is 346 g/mol. The first-order valence-electron chi connectivity index (χ1n) is 9.70. The van der Waals surface area contributed by atoms with E-state index in [1.807, 2.05) is 11.1 Å². The van der Waals surface area contributed by atoms with Crippen LogP contribution in [0.1, 0.15) is 50.4 Å². The molecule has 25 heavy (non-hydrogen) atoms. The zero-order valence-electron chi connectivity index (χ0n) is 15.3. The van der Waals surface area contributed by atoms with Crippen LogP contribution in [0.3, 0.4) is 0 Å². The quantitative estimate of drug-likeness (QED) is 0.791. The van der Waals surface area contributed by atoms with E-state index >= 15 is 0 Å². The average molecular weight is 346 g/mol. The lowest BCUT2D eigenvalue weighted by Crippen LogP contribution is -2.52. The van der Waals surface area contributed by atoms with Crippen LogP contribution in [0.4, 0.5) is 0 Å². The summed E-state index contributed by atoms with van der Waals surface area (Å²) in [4.78, 5) is 21.3. The Kier molecular flexibility index (Phi) is 4.82. The van der Waals surface area contributed by atoms with E-state index in [-0.39, 0.29) is 0 Å². The van der Waals surface area contributed by atoms with Crippen LogP contribution in [0.25, 0.3) is 0 Å². The fourth-order valence-corrected chi connectivity index (χ4v) is 4.45. The fraction of sp³-hybridized carbons (Fsp3) is 0.789. The Balaban J connectivity index is 1.32. The lowest BCUT2D eigenvalue weighted by Gasteiger charge is -2.47. The number of rotatable bonds is 6. The molecule has 1 amide bonds. The molecule has 6 nitrogen and oxygen atoms in total. The van der Waals surface area contributed by atoms with Crippen molar-refractivity contribution in [3.63, 3.8) is 0 Å². The molecular formula is C19H30N4O2. The number of methoxy groups -OCH3 is 1. The van der Waals surface area contributed by atoms with Gasteiger partial charge in [-0.25, -0.2) is 4.98 Å². The van der Waals surface area contributed by atoms with E-state index in [0.29, 0.717) is 30.4 Å². The molecule has 1 spiro atoms. The zero-order chi connectivity index (χ0) is 17.3. The second-order valence-corrected chi connectivity index (χ2v) is 8.07. The molecule has 1 aromatic heterocycles. The van der Waals surface area contributed by atoms with Gasteiger partial charge in [0.25, 0.3) is 0 Å². The van der Waals surface area contributed by atoms with Gasteiger partial charge in [-0.1, -0.05) is 0 Å². The van der Waals surface area contributed by atoms with Gasteiger partial charge in [0.15, 0.2) is 0 Å². The third-order valence-electron chi connectivity index (χ3n) is 6.28. The first kappa shape index (κ1) is 17.0. The van der Waals surface area contributed by atoms with Crippen molar-refractivity contribution in [3.05, 3.63) is 18.2 Å². The highest BCUT2D eigenvalue weighted by molar-refractivity contribution is 5.77. The molecule has 1 aromatic rings. The molecule has 138 valence electrons. The van der Waals surface area contributed by atoms with Crippen molar-refractivity contribution in [1.29, 1.82) is 0 Å². The molecule has 1 saturated carbocycles. The lowest BCUT2D eigenvalue weighted by molar-refractivity contribution is -0.140. The Morgan fingerprint density at radius 3 is 2.80 bits per heavy atom. The molecular weight excluding hydrogens is 316 g/mol. The molecule has 3 aliphatic rings. The molecule has 2 aliphatic heterocycles. The molecule has 3 heterocycles. The van der Waals surface area contributed by atoms with Crippen LogP contribution >= 0.6 is 0 Å². The Bertz CT molecular complexity index is 602. The minimum atomic E-state index is 0.302. The van der Waals surface area contributed by atoms with Gasteiger partial charge in [0, 0.05) is 45.1 Å². The van der Waals surface area contributed by atoms with Crippen LogP contribution in [-0.2, 0) is 16.1 Å². The number of hydrogen-bond donors (Lipinski definition) is 0. The molecule has 6 heteroatoms. The van der Waals surface area contributed by atoms with E-state index in [2.05, 4.69) is 20.6 Å². The predicted octanol–water partition coefficient (Wildman–Crippen LogP) is 2.07. The van der Waals surface area contributed by atoms with Crippen molar-refractivity contribution in [3.8, 4) is 0 Å². The van der Waals surface area contributed by atoms with Gasteiger partial charge in [-0.3, -0.25) is 9.69 Å². The predicted molar refractivity (Wildman–Crippen MR) is 95.1 cm³/mol. The van der Waals surface area contributed by atoms with Crippen LogP contribution in [0.5, 0.6) is 0 Å². The molecule has 0 N–H and O–H groups in total. The summed E-state index contributed by atoms with van der Waals surface area (Å²) in [7, 11) is 1.70. The Hall–Kier alpha value is -1.40. The number of carbonyl (C=O) groups is 1. The molecule has 4 rings (SSSR count). The van der Waals surface area contributed by atoms with Crippen LogP contribution in [0, 0.1) is 5.41 Å². The van der Waals surface area contributed by atoms with E-state index in [0.717, 1.165) is 39.1 Å². The maximum atomic E-state index is 12.2. The summed E-state index contributed by atoms with van der Waals surface area (Å²) in [6.07, 6.45) is 10.8. The van der Waals surface area contributed by atoms with Gasteiger partial charge < -0.3 is 14.2 Å². The highest BCUT2D eigenvalue weighted by atomic mass is 16.5. The standard InChI is InChI=1S/C19H30N4O2/c1-25-13-12-22-15-19(5-4-18(22)24)6-9-21(10-7-19)14-17-20-8-11-23(17)16-2-3-16/h8,11,16H,2-7,9-10,12-15H2,1H3. The number of nitrogens with zero attached hydrogens (tertiary/aromatic N) is 4. The highest BCUT2D eigenvalue weighted by Gasteiger charge is 2.41. The van der Waals surface area contributed by atoms with Crippen LogP contribution < -0.4 is 0 Å². The summed E-state index contributed by atoms with van der Waals surface area (Å²) in [6, 6.07) is 0.701. The summed E-state index contributed by atoms with van der Waals surface area (Å²) in [5.41, 5.74) is 0.323. The molecule has 2 saturated heterocycles. The third kappa shape index (κ3) is 3.75. The SMILES string of the molecule is COCCN1CC2(CCC1=O)CCN(Cc1nccn1C1CC1)CC2. The van der Waals surface area contributed by atoms with Crippen molar-refractivity contribution in [2.45, 2.75) is 51.1 Å². The highest BCUT2D eigenvalue weighted by Crippen LogP contribution is 2.41. The molecule has 1 aliphatic carbocycles. The number of hydrogen-bond acceptors (Lipinski definition) is 4. The summed E-state index contributed by atoms with van der Waals surface area (Å²) in [5.74, 6) is 1.52. The first-order valence-corrected chi connectivity index (χ1v) is 9.70. The minimum Gasteiger partial charge on any atom is -0.383 e. The summed E-state index contributed by atoms with van der Waals surface area (Å²) >= 11 is 0. The summed E-state index contributed by atoms with van der Waals surface area (Å²) < 4.78 is 7.54. The summed E-state index contributed by atoms with van der Waals surface area (Å²) in [5, 5.41) is 0. The summed E-state index contributed by atoms with van der Waals surface area (Å²) in [6.45, 7) is 5.48. The largest absolute Gasteiger partial charge is 0.383 e. The number of ether oxygens (including phenoxy) is 1. The van der Waals surface area contributed by atoms with Gasteiger partial charge >= 0.3 is 0 Å². The van der Waals surface area contributed by atoms with Crippen LogP contribution in [0.15, 0.2) is 12.4 Å². The third-order valence-corrected chi connectivity index (χ3v) is 6.28. The van der Waals surface area contributed by atoms with Crippen molar-refractivity contribution >= 4 is 5.91 Å². The number of likely N-dealkylation sites (tertiary alicyclic amines) is 2. The van der Waals surface area contributed by atoms with Crippen molar-refractivity contribution in [2.75, 3.05) is 39.9 Å². The number of imidazole rings is 1. The molecule has 0 bridgehead atoms. The second kappa shape index (κ2) is 7.08. The van der Waals surface area contributed by atoms with E-state index in [4.69, 9.17) is 4.74 Å². The van der Waals surface area contributed by atoms with E-state index < -0.39 is 0 Å². The maximum absolute atomic E-state index is 12.2. The molecule has 3 fully saturated rings. The van der Waals surface area contributed by atoms with Crippen molar-refractivity contribution < 1.29 is 9.53 Å². The number of piperidine rings is 2. The fourth-order valence-electron chi connectivity index (χ4n) is 4.45. The van der Waals surface area contributed by atoms with E-state index in [1.54, 1.807) is 7.11 Å². The van der Waals surface area contributed by atoms with Gasteiger partial charge in [0.05, 0.1) is 13.2 Å². The second-order valence-electron chi connectivity index (χ2n) is 8.07. The Morgan fingerprint density at radius 1 is 1.28 bits per heavy atom. The van der Waals surface area contributed by atoms with Gasteiger partial charge in [-0.2, -0.15) is 0 Å². The average Bonchev–Trinajstić information content (AvgIpc) is 3.37. The van der Waals surface area contributed by atoms with Crippen molar-refractivity contribution in [2.24, 2.45) is 5.41 Å². The number of carbonyl (C=O) groups excluding carboxylic acids is 1. The van der Waals surface area contributed by atoms with E-state index in [9.17, 15) is 4.79 Å². The van der Waals surface area contributed by atoms with Gasteiger partial charge in [-0.15, -0.1) is 0 Å². The Morgan fingerprint density at radius 2 is 2.08 bits per heavy atom. The number of amides is 1. The molecule has 0 aromatic carbocycles.